The minimum absolute atomic E-state index is 0.166. The molecule has 0 heterocycles. The van der Waals surface area contributed by atoms with E-state index < -0.39 is 6.10 Å². The highest BCUT2D eigenvalue weighted by molar-refractivity contribution is 5.69. The van der Waals surface area contributed by atoms with Crippen molar-refractivity contribution in [3.63, 3.8) is 0 Å². The zero-order chi connectivity index (χ0) is 21.4. The van der Waals surface area contributed by atoms with Gasteiger partial charge in [0, 0.05) is 13.0 Å². The molecule has 0 saturated carbocycles. The van der Waals surface area contributed by atoms with E-state index in [0.29, 0.717) is 19.6 Å². The van der Waals surface area contributed by atoms with Crippen molar-refractivity contribution in [2.24, 2.45) is 0 Å². The van der Waals surface area contributed by atoms with Crippen molar-refractivity contribution in [3.05, 3.63) is 0 Å². The van der Waals surface area contributed by atoms with Gasteiger partial charge in [-0.1, -0.05) is 110 Å². The normalized spacial score (nSPS) is 12.2. The van der Waals surface area contributed by atoms with Gasteiger partial charge in [-0.05, 0) is 12.8 Å². The van der Waals surface area contributed by atoms with Gasteiger partial charge in [0.15, 0.2) is 0 Å². The summed E-state index contributed by atoms with van der Waals surface area (Å²) in [4.78, 5) is 11.9. The molecule has 0 bridgehead atoms. The number of carbonyl (C=O) groups is 1. The zero-order valence-corrected chi connectivity index (χ0v) is 19.6. The molecule has 0 rings (SSSR count). The lowest BCUT2D eigenvalue weighted by Crippen LogP contribution is -2.27. The highest BCUT2D eigenvalue weighted by Gasteiger charge is 2.13. The van der Waals surface area contributed by atoms with Crippen molar-refractivity contribution in [3.8, 4) is 0 Å². The Bertz CT molecular complexity index is 333. The molecule has 1 unspecified atom stereocenters. The summed E-state index contributed by atoms with van der Waals surface area (Å²) in [5.74, 6) is -0.206. The van der Waals surface area contributed by atoms with Crippen LogP contribution in [0.2, 0.25) is 0 Å². The first-order chi connectivity index (χ1) is 14.2. The number of unbranched alkanes of at least 4 members (excludes halogenated alkanes) is 15. The van der Waals surface area contributed by atoms with Crippen molar-refractivity contribution in [1.82, 2.24) is 0 Å². The number of rotatable bonds is 23. The smallest absolute Gasteiger partial charge is 0.306 e. The number of ether oxygens (including phenoxy) is 2. The topological polar surface area (TPSA) is 55.8 Å². The number of aliphatic hydroxyl groups is 1. The molecule has 0 aromatic carbocycles. The van der Waals surface area contributed by atoms with E-state index in [2.05, 4.69) is 13.8 Å². The maximum Gasteiger partial charge on any atom is 0.306 e. The van der Waals surface area contributed by atoms with E-state index in [0.717, 1.165) is 19.3 Å². The number of hydrogen-bond acceptors (Lipinski definition) is 4. The summed E-state index contributed by atoms with van der Waals surface area (Å²) < 4.78 is 10.9. The lowest BCUT2D eigenvalue weighted by Gasteiger charge is -2.15. The second kappa shape index (κ2) is 23.7. The van der Waals surface area contributed by atoms with Gasteiger partial charge in [-0.2, -0.15) is 0 Å². The third-order valence-corrected chi connectivity index (χ3v) is 5.43. The number of aliphatic hydroxyl groups excluding tert-OH is 1. The minimum Gasteiger partial charge on any atom is -0.457 e. The predicted octanol–water partition coefficient (Wildman–Crippen LogP) is 6.97. The van der Waals surface area contributed by atoms with Crippen LogP contribution in [0.25, 0.3) is 0 Å². The van der Waals surface area contributed by atoms with Crippen molar-refractivity contribution >= 4 is 5.97 Å². The fourth-order valence-corrected chi connectivity index (χ4v) is 3.50. The molecule has 0 aliphatic carbocycles. The summed E-state index contributed by atoms with van der Waals surface area (Å²) in [6.07, 6.45) is 21.2. The van der Waals surface area contributed by atoms with Gasteiger partial charge in [0.2, 0.25) is 0 Å². The van der Waals surface area contributed by atoms with Gasteiger partial charge in [0.05, 0.1) is 13.2 Å². The largest absolute Gasteiger partial charge is 0.457 e. The molecule has 1 atom stereocenters. The molecule has 0 aromatic heterocycles. The quantitative estimate of drug-likeness (QED) is 0.145. The molecular formula is C25H50O4. The van der Waals surface area contributed by atoms with Crippen LogP contribution in [-0.4, -0.2) is 37.0 Å². The van der Waals surface area contributed by atoms with Gasteiger partial charge < -0.3 is 14.6 Å². The first-order valence-electron chi connectivity index (χ1n) is 12.6. The lowest BCUT2D eigenvalue weighted by atomic mass is 10.1. The van der Waals surface area contributed by atoms with Crippen LogP contribution >= 0.6 is 0 Å². The fraction of sp³-hybridized carbons (Fsp3) is 0.960. The first kappa shape index (κ1) is 28.4. The van der Waals surface area contributed by atoms with E-state index in [-0.39, 0.29) is 12.6 Å². The van der Waals surface area contributed by atoms with Crippen molar-refractivity contribution in [2.75, 3.05) is 19.8 Å². The number of carbonyl (C=O) groups excluding carboxylic acids is 1. The lowest BCUT2D eigenvalue weighted by molar-refractivity contribution is -0.154. The van der Waals surface area contributed by atoms with Crippen LogP contribution in [0, 0.1) is 0 Å². The molecule has 0 aliphatic rings. The van der Waals surface area contributed by atoms with Gasteiger partial charge in [-0.15, -0.1) is 0 Å². The maximum absolute atomic E-state index is 11.9. The van der Waals surface area contributed by atoms with Crippen LogP contribution < -0.4 is 0 Å². The molecule has 0 aliphatic heterocycles. The van der Waals surface area contributed by atoms with E-state index in [4.69, 9.17) is 9.47 Å². The molecule has 0 radical (unpaired) electrons. The summed E-state index contributed by atoms with van der Waals surface area (Å²) in [6.45, 7) is 5.30. The Labute approximate surface area is 181 Å². The van der Waals surface area contributed by atoms with Gasteiger partial charge in [-0.25, -0.2) is 0 Å². The molecule has 0 saturated heterocycles. The summed E-state index contributed by atoms with van der Waals surface area (Å²) in [7, 11) is 0. The standard InChI is InChI=1S/C25H50O4/c1-3-5-7-9-11-13-14-16-18-20-25(27)29-24(22-26)23-28-21-19-17-15-12-10-8-6-4-2/h24,26H,3-23H2,1-2H3. The third-order valence-electron chi connectivity index (χ3n) is 5.43. The SMILES string of the molecule is CCCCCCCCCCCC(=O)OC(CO)COCCCCCCCCCC. The Morgan fingerprint density at radius 2 is 1.14 bits per heavy atom. The highest BCUT2D eigenvalue weighted by atomic mass is 16.6. The van der Waals surface area contributed by atoms with E-state index >= 15 is 0 Å². The van der Waals surface area contributed by atoms with Crippen LogP contribution in [0.1, 0.15) is 129 Å². The highest BCUT2D eigenvalue weighted by Crippen LogP contribution is 2.11. The van der Waals surface area contributed by atoms with Gasteiger partial charge in [0.1, 0.15) is 6.10 Å². The van der Waals surface area contributed by atoms with Gasteiger partial charge in [0.25, 0.3) is 0 Å². The molecule has 1 N–H and O–H groups in total. The third kappa shape index (κ3) is 21.9. The monoisotopic (exact) mass is 414 g/mol. The van der Waals surface area contributed by atoms with E-state index in [1.807, 2.05) is 0 Å². The average Bonchev–Trinajstić information content (AvgIpc) is 2.73. The summed E-state index contributed by atoms with van der Waals surface area (Å²) in [5, 5.41) is 9.39. The first-order valence-corrected chi connectivity index (χ1v) is 12.6. The Morgan fingerprint density at radius 1 is 0.690 bits per heavy atom. The van der Waals surface area contributed by atoms with E-state index in [1.165, 1.54) is 89.9 Å². The second-order valence-corrected chi connectivity index (χ2v) is 8.42. The molecule has 174 valence electrons. The number of hydrogen-bond donors (Lipinski definition) is 1. The Kier molecular flexibility index (Phi) is 23.2. The van der Waals surface area contributed by atoms with Gasteiger partial charge >= 0.3 is 5.97 Å². The Balaban J connectivity index is 3.46. The second-order valence-electron chi connectivity index (χ2n) is 8.42. The van der Waals surface area contributed by atoms with Crippen LogP contribution in [0.5, 0.6) is 0 Å². The van der Waals surface area contributed by atoms with Crippen molar-refractivity contribution in [1.29, 1.82) is 0 Å². The van der Waals surface area contributed by atoms with Crippen LogP contribution in [0.15, 0.2) is 0 Å². The predicted molar refractivity (Wildman–Crippen MR) is 122 cm³/mol. The molecule has 0 aromatic rings. The number of esters is 1. The van der Waals surface area contributed by atoms with Crippen molar-refractivity contribution in [2.45, 2.75) is 136 Å². The van der Waals surface area contributed by atoms with Crippen molar-refractivity contribution < 1.29 is 19.4 Å². The summed E-state index contributed by atoms with van der Waals surface area (Å²) in [6, 6.07) is 0. The van der Waals surface area contributed by atoms with Crippen LogP contribution in [0.4, 0.5) is 0 Å². The van der Waals surface area contributed by atoms with E-state index in [1.54, 1.807) is 0 Å². The van der Waals surface area contributed by atoms with Crippen LogP contribution in [-0.2, 0) is 14.3 Å². The molecular weight excluding hydrogens is 364 g/mol. The Morgan fingerprint density at radius 3 is 1.62 bits per heavy atom. The minimum atomic E-state index is -0.518. The molecule has 29 heavy (non-hydrogen) atoms. The maximum atomic E-state index is 11.9. The van der Waals surface area contributed by atoms with Gasteiger partial charge in [-0.3, -0.25) is 4.79 Å². The Hall–Kier alpha value is -0.610. The summed E-state index contributed by atoms with van der Waals surface area (Å²) >= 11 is 0. The molecule has 4 heteroatoms. The fourth-order valence-electron chi connectivity index (χ4n) is 3.50. The van der Waals surface area contributed by atoms with E-state index in [9.17, 15) is 9.90 Å². The molecule has 0 amide bonds. The molecule has 0 fully saturated rings. The molecule has 0 spiro atoms. The zero-order valence-electron chi connectivity index (χ0n) is 19.6. The summed E-state index contributed by atoms with van der Waals surface area (Å²) in [5.41, 5.74) is 0. The van der Waals surface area contributed by atoms with Crippen LogP contribution in [0.3, 0.4) is 0 Å². The molecule has 4 nitrogen and oxygen atoms in total. The average molecular weight is 415 g/mol.